The average molecular weight is 450 g/mol. The van der Waals surface area contributed by atoms with Gasteiger partial charge in [0.2, 0.25) is 0 Å². The van der Waals surface area contributed by atoms with E-state index in [0.717, 1.165) is 29.8 Å². The zero-order valence-electron chi connectivity index (χ0n) is 23.2. The number of allylic oxidation sites excluding steroid dienone is 5. The summed E-state index contributed by atoms with van der Waals surface area (Å²) in [7, 11) is 0. The number of unbranched alkanes of at least 4 members (excludes halogenated alkanes) is 3. The number of benzene rings is 1. The number of aryl methyl sites for hydroxylation is 1. The van der Waals surface area contributed by atoms with E-state index in [1.165, 1.54) is 42.4 Å². The summed E-state index contributed by atoms with van der Waals surface area (Å²) < 4.78 is 0. The number of hydrogen-bond donors (Lipinski definition) is 1. The standard InChI is InChI=1S/C30H45N.C2H6/c1-10-11-12-13-16-23(3)30(9)21-26(20-28(30)29(6,7)8)19-24(4)31-25(5)27-17-14-15-22(2)18-27;1-2/h14-15,17-19,21,28,31H,3,5,10-13,16,20H2,1-2,4,6-9H3;1-2H3/b24-19+;. The minimum absolute atomic E-state index is 0.0597. The molecule has 0 amide bonds. The second kappa shape index (κ2) is 13.0. The maximum atomic E-state index is 4.58. The summed E-state index contributed by atoms with van der Waals surface area (Å²) in [6.45, 7) is 28.9. The van der Waals surface area contributed by atoms with E-state index in [4.69, 9.17) is 0 Å². The zero-order valence-corrected chi connectivity index (χ0v) is 23.2. The SMILES string of the molecule is C=C(N/C(C)=C/C1=CC(C)(C(=C)CCCCCC)C(C(C)(C)C)C1)c1cccc(C)c1.CC. The van der Waals surface area contributed by atoms with E-state index < -0.39 is 0 Å². The minimum atomic E-state index is 0.0597. The molecule has 0 heterocycles. The van der Waals surface area contributed by atoms with Crippen molar-refractivity contribution in [1.82, 2.24) is 5.32 Å². The lowest BCUT2D eigenvalue weighted by atomic mass is 9.63. The first-order valence-electron chi connectivity index (χ1n) is 13.1. The Balaban J connectivity index is 0.00000265. The fourth-order valence-electron chi connectivity index (χ4n) is 5.14. The van der Waals surface area contributed by atoms with Gasteiger partial charge in [-0.1, -0.05) is 116 Å². The molecule has 0 aromatic heterocycles. The van der Waals surface area contributed by atoms with Crippen LogP contribution in [-0.4, -0.2) is 0 Å². The van der Waals surface area contributed by atoms with E-state index in [-0.39, 0.29) is 10.8 Å². The molecule has 2 unspecified atom stereocenters. The average Bonchev–Trinajstić information content (AvgIpc) is 3.10. The Bertz CT molecular complexity index is 845. The molecular weight excluding hydrogens is 398 g/mol. The second-order valence-corrected chi connectivity index (χ2v) is 10.8. The molecule has 1 aromatic rings. The van der Waals surface area contributed by atoms with Crippen molar-refractivity contribution in [2.24, 2.45) is 16.7 Å². The fraction of sp³-hybridized carbons (Fsp3) is 0.562. The smallest absolute Gasteiger partial charge is 0.0382 e. The number of rotatable bonds is 10. The Morgan fingerprint density at radius 3 is 2.39 bits per heavy atom. The summed E-state index contributed by atoms with van der Waals surface area (Å²) in [5.74, 6) is 0.567. The van der Waals surface area contributed by atoms with Crippen molar-refractivity contribution >= 4 is 5.70 Å². The van der Waals surface area contributed by atoms with Gasteiger partial charge in [0.05, 0.1) is 0 Å². The van der Waals surface area contributed by atoms with Crippen molar-refractivity contribution in [3.8, 4) is 0 Å². The predicted octanol–water partition coefficient (Wildman–Crippen LogP) is 10.0. The van der Waals surface area contributed by atoms with E-state index in [0.29, 0.717) is 5.92 Å². The van der Waals surface area contributed by atoms with E-state index in [1.807, 2.05) is 13.8 Å². The largest absolute Gasteiger partial charge is 0.359 e. The Hall–Kier alpha value is -2.02. The van der Waals surface area contributed by atoms with Crippen LogP contribution >= 0.6 is 0 Å². The molecule has 2 rings (SSSR count). The lowest BCUT2D eigenvalue weighted by Crippen LogP contribution is -2.33. The first-order valence-corrected chi connectivity index (χ1v) is 13.1. The molecule has 33 heavy (non-hydrogen) atoms. The third kappa shape index (κ3) is 8.36. The van der Waals surface area contributed by atoms with Crippen LogP contribution in [0.25, 0.3) is 5.70 Å². The molecule has 0 saturated carbocycles. The van der Waals surface area contributed by atoms with Crippen LogP contribution in [-0.2, 0) is 0 Å². The van der Waals surface area contributed by atoms with Crippen LogP contribution in [0.1, 0.15) is 105 Å². The monoisotopic (exact) mass is 449 g/mol. The van der Waals surface area contributed by atoms with Gasteiger partial charge < -0.3 is 5.32 Å². The van der Waals surface area contributed by atoms with Crippen molar-refractivity contribution in [3.05, 3.63) is 77.5 Å². The predicted molar refractivity (Wildman–Crippen MR) is 150 cm³/mol. The van der Waals surface area contributed by atoms with Crippen molar-refractivity contribution in [2.75, 3.05) is 0 Å². The molecule has 0 bridgehead atoms. The van der Waals surface area contributed by atoms with Crippen molar-refractivity contribution in [2.45, 2.75) is 101 Å². The molecule has 1 heteroatoms. The Morgan fingerprint density at radius 2 is 1.82 bits per heavy atom. The van der Waals surface area contributed by atoms with Crippen LogP contribution in [0.15, 0.2) is 66.4 Å². The molecule has 184 valence electrons. The van der Waals surface area contributed by atoms with Gasteiger partial charge in [0.15, 0.2) is 0 Å². The van der Waals surface area contributed by atoms with Gasteiger partial charge in [0.25, 0.3) is 0 Å². The van der Waals surface area contributed by atoms with E-state index in [1.54, 1.807) is 0 Å². The third-order valence-corrected chi connectivity index (χ3v) is 6.90. The first-order chi connectivity index (χ1) is 15.5. The van der Waals surface area contributed by atoms with Crippen LogP contribution in [0.5, 0.6) is 0 Å². The molecule has 0 spiro atoms. The van der Waals surface area contributed by atoms with E-state index in [2.05, 4.69) is 103 Å². The summed E-state index contributed by atoms with van der Waals surface area (Å²) in [5.41, 5.74) is 7.60. The second-order valence-electron chi connectivity index (χ2n) is 10.8. The summed E-state index contributed by atoms with van der Waals surface area (Å²) in [6.07, 6.45) is 12.2. The number of nitrogens with one attached hydrogen (secondary N) is 1. The van der Waals surface area contributed by atoms with Crippen LogP contribution in [0.3, 0.4) is 0 Å². The zero-order chi connectivity index (χ0) is 25.2. The van der Waals surface area contributed by atoms with Crippen molar-refractivity contribution < 1.29 is 0 Å². The van der Waals surface area contributed by atoms with Gasteiger partial charge >= 0.3 is 0 Å². The molecule has 0 saturated heterocycles. The highest BCUT2D eigenvalue weighted by Crippen LogP contribution is 2.54. The van der Waals surface area contributed by atoms with Crippen LogP contribution in [0, 0.1) is 23.7 Å². The lowest BCUT2D eigenvalue weighted by Gasteiger charge is -2.41. The molecule has 1 N–H and O–H groups in total. The molecule has 2 atom stereocenters. The van der Waals surface area contributed by atoms with Gasteiger partial charge in [0, 0.05) is 16.8 Å². The summed E-state index contributed by atoms with van der Waals surface area (Å²) in [6, 6.07) is 8.49. The normalized spacial score (nSPS) is 20.6. The fourth-order valence-corrected chi connectivity index (χ4v) is 5.14. The van der Waals surface area contributed by atoms with Gasteiger partial charge in [0.1, 0.15) is 0 Å². The van der Waals surface area contributed by atoms with Crippen molar-refractivity contribution in [3.63, 3.8) is 0 Å². The van der Waals surface area contributed by atoms with E-state index in [9.17, 15) is 0 Å². The summed E-state index contributed by atoms with van der Waals surface area (Å²) in [4.78, 5) is 0. The summed E-state index contributed by atoms with van der Waals surface area (Å²) >= 11 is 0. The minimum Gasteiger partial charge on any atom is -0.359 e. The quantitative estimate of drug-likeness (QED) is 0.277. The van der Waals surface area contributed by atoms with Gasteiger partial charge in [-0.15, -0.1) is 0 Å². The highest BCUT2D eigenvalue weighted by atomic mass is 14.9. The molecule has 1 aliphatic rings. The van der Waals surface area contributed by atoms with Crippen LogP contribution < -0.4 is 5.32 Å². The Labute approximate surface area is 206 Å². The molecule has 1 aromatic carbocycles. The van der Waals surface area contributed by atoms with Gasteiger partial charge in [-0.2, -0.15) is 0 Å². The molecule has 0 fully saturated rings. The molecule has 0 aliphatic heterocycles. The molecule has 1 aliphatic carbocycles. The Kier molecular flexibility index (Phi) is 11.4. The molecule has 0 radical (unpaired) electrons. The van der Waals surface area contributed by atoms with Gasteiger partial charge in [-0.3, -0.25) is 0 Å². The highest BCUT2D eigenvalue weighted by Gasteiger charge is 2.45. The Morgan fingerprint density at radius 1 is 1.15 bits per heavy atom. The van der Waals surface area contributed by atoms with Crippen molar-refractivity contribution in [1.29, 1.82) is 0 Å². The van der Waals surface area contributed by atoms with Crippen LogP contribution in [0.4, 0.5) is 0 Å². The highest BCUT2D eigenvalue weighted by molar-refractivity contribution is 5.63. The topological polar surface area (TPSA) is 12.0 Å². The van der Waals surface area contributed by atoms with Gasteiger partial charge in [-0.25, -0.2) is 0 Å². The first kappa shape index (κ1) is 29.0. The maximum absolute atomic E-state index is 4.58. The summed E-state index contributed by atoms with van der Waals surface area (Å²) in [5, 5.41) is 3.51. The third-order valence-electron chi connectivity index (χ3n) is 6.90. The maximum Gasteiger partial charge on any atom is 0.0382 e. The molecular formula is C32H51N. The van der Waals surface area contributed by atoms with Gasteiger partial charge in [-0.05, 0) is 67.7 Å². The van der Waals surface area contributed by atoms with E-state index >= 15 is 0 Å². The number of hydrogen-bond acceptors (Lipinski definition) is 1. The molecule has 1 nitrogen and oxygen atoms in total. The lowest BCUT2D eigenvalue weighted by molar-refractivity contribution is 0.151. The van der Waals surface area contributed by atoms with Crippen LogP contribution in [0.2, 0.25) is 0 Å².